The predicted molar refractivity (Wildman–Crippen MR) is 80.2 cm³/mol. The molecular formula is C18H20FN. The molecule has 0 fully saturated rings. The summed E-state index contributed by atoms with van der Waals surface area (Å²) in [6.07, 6.45) is 2.96. The van der Waals surface area contributed by atoms with Crippen LogP contribution in [0.5, 0.6) is 0 Å². The van der Waals surface area contributed by atoms with E-state index in [1.54, 1.807) is 6.07 Å². The summed E-state index contributed by atoms with van der Waals surface area (Å²) in [5.74, 6) is 0.324. The summed E-state index contributed by atoms with van der Waals surface area (Å²) in [6, 6.07) is 13.7. The lowest BCUT2D eigenvalue weighted by atomic mass is 9.90. The van der Waals surface area contributed by atoms with E-state index in [-0.39, 0.29) is 11.9 Å². The van der Waals surface area contributed by atoms with E-state index >= 15 is 0 Å². The fraction of sp³-hybridized carbons (Fsp3) is 0.333. The summed E-state index contributed by atoms with van der Waals surface area (Å²) in [5.41, 5.74) is 11.4. The molecule has 1 unspecified atom stereocenters. The second-order valence-corrected chi connectivity index (χ2v) is 5.88. The molecule has 1 aliphatic carbocycles. The smallest absolute Gasteiger partial charge is 0.123 e. The van der Waals surface area contributed by atoms with Gasteiger partial charge in [0.1, 0.15) is 5.82 Å². The third kappa shape index (κ3) is 2.61. The zero-order valence-electron chi connectivity index (χ0n) is 11.8. The molecule has 0 saturated heterocycles. The molecular weight excluding hydrogens is 249 g/mol. The van der Waals surface area contributed by atoms with Gasteiger partial charge in [0, 0.05) is 6.04 Å². The van der Waals surface area contributed by atoms with Crippen molar-refractivity contribution in [3.8, 4) is 0 Å². The van der Waals surface area contributed by atoms with Gasteiger partial charge in [-0.1, -0.05) is 30.3 Å². The van der Waals surface area contributed by atoms with Crippen LogP contribution in [0.4, 0.5) is 4.39 Å². The van der Waals surface area contributed by atoms with Crippen LogP contribution in [0.1, 0.15) is 22.3 Å². The molecule has 0 aromatic heterocycles. The highest BCUT2D eigenvalue weighted by Crippen LogP contribution is 2.29. The van der Waals surface area contributed by atoms with Gasteiger partial charge in [0.25, 0.3) is 0 Å². The van der Waals surface area contributed by atoms with Crippen LogP contribution in [0.25, 0.3) is 0 Å². The van der Waals surface area contributed by atoms with Crippen LogP contribution in [0, 0.1) is 18.7 Å². The SMILES string of the molecule is Cc1cc(F)ccc1CC(N)C1Cc2ccccc2C1. The quantitative estimate of drug-likeness (QED) is 0.907. The number of hydrogen-bond acceptors (Lipinski definition) is 1. The molecule has 0 heterocycles. The normalized spacial score (nSPS) is 16.1. The molecule has 0 aliphatic heterocycles. The van der Waals surface area contributed by atoms with Crippen LogP contribution in [0.15, 0.2) is 42.5 Å². The van der Waals surface area contributed by atoms with E-state index in [1.807, 2.05) is 13.0 Å². The van der Waals surface area contributed by atoms with Gasteiger partial charge >= 0.3 is 0 Å². The van der Waals surface area contributed by atoms with E-state index in [0.29, 0.717) is 5.92 Å². The second kappa shape index (κ2) is 5.37. The van der Waals surface area contributed by atoms with E-state index in [4.69, 9.17) is 5.73 Å². The first-order valence-electron chi connectivity index (χ1n) is 7.21. The summed E-state index contributed by atoms with van der Waals surface area (Å²) in [4.78, 5) is 0. The summed E-state index contributed by atoms with van der Waals surface area (Å²) in [7, 11) is 0. The first-order chi connectivity index (χ1) is 9.63. The standard InChI is InChI=1S/C18H20FN/c1-12-8-17(19)7-6-13(12)11-18(20)16-9-14-4-2-3-5-15(14)10-16/h2-8,16,18H,9-11,20H2,1H3. The summed E-state index contributed by atoms with van der Waals surface area (Å²) < 4.78 is 13.1. The van der Waals surface area contributed by atoms with Crippen LogP contribution < -0.4 is 5.73 Å². The minimum absolute atomic E-state index is 0.131. The van der Waals surface area contributed by atoms with E-state index < -0.39 is 0 Å². The van der Waals surface area contributed by atoms with Gasteiger partial charge in [-0.05, 0) is 66.5 Å². The van der Waals surface area contributed by atoms with Crippen LogP contribution >= 0.6 is 0 Å². The molecule has 0 amide bonds. The van der Waals surface area contributed by atoms with Crippen LogP contribution in [-0.4, -0.2) is 6.04 Å². The van der Waals surface area contributed by atoms with Crippen LogP contribution in [-0.2, 0) is 19.3 Å². The Kier molecular flexibility index (Phi) is 3.58. The molecule has 20 heavy (non-hydrogen) atoms. The molecule has 2 aromatic rings. The topological polar surface area (TPSA) is 26.0 Å². The largest absolute Gasteiger partial charge is 0.327 e. The molecule has 0 radical (unpaired) electrons. The maximum Gasteiger partial charge on any atom is 0.123 e. The van der Waals surface area contributed by atoms with E-state index in [9.17, 15) is 4.39 Å². The summed E-state index contributed by atoms with van der Waals surface area (Å²) in [6.45, 7) is 1.95. The highest BCUT2D eigenvalue weighted by Gasteiger charge is 2.26. The summed E-state index contributed by atoms with van der Waals surface area (Å²) >= 11 is 0. The third-order valence-electron chi connectivity index (χ3n) is 4.45. The molecule has 2 N–H and O–H groups in total. The van der Waals surface area contributed by atoms with Gasteiger partial charge in [0.15, 0.2) is 0 Å². The lowest BCUT2D eigenvalue weighted by Crippen LogP contribution is -2.33. The summed E-state index contributed by atoms with van der Waals surface area (Å²) in [5, 5.41) is 0. The molecule has 2 aromatic carbocycles. The van der Waals surface area contributed by atoms with Gasteiger partial charge in [0.2, 0.25) is 0 Å². The molecule has 1 aliphatic rings. The zero-order chi connectivity index (χ0) is 14.1. The Labute approximate surface area is 119 Å². The zero-order valence-corrected chi connectivity index (χ0v) is 11.8. The fourth-order valence-corrected chi connectivity index (χ4v) is 3.20. The van der Waals surface area contributed by atoms with Crippen molar-refractivity contribution in [1.29, 1.82) is 0 Å². The fourth-order valence-electron chi connectivity index (χ4n) is 3.20. The van der Waals surface area contributed by atoms with Gasteiger partial charge in [-0.2, -0.15) is 0 Å². The number of hydrogen-bond donors (Lipinski definition) is 1. The predicted octanol–water partition coefficient (Wildman–Crippen LogP) is 3.42. The Bertz CT molecular complexity index is 596. The Balaban J connectivity index is 1.70. The number of halogens is 1. The van der Waals surface area contributed by atoms with Gasteiger partial charge in [0.05, 0.1) is 0 Å². The first kappa shape index (κ1) is 13.3. The molecule has 0 saturated carbocycles. The monoisotopic (exact) mass is 269 g/mol. The van der Waals surface area contributed by atoms with Gasteiger partial charge in [-0.15, -0.1) is 0 Å². The van der Waals surface area contributed by atoms with Crippen molar-refractivity contribution in [1.82, 2.24) is 0 Å². The van der Waals surface area contributed by atoms with E-state index in [2.05, 4.69) is 24.3 Å². The molecule has 0 spiro atoms. The van der Waals surface area contributed by atoms with Crippen molar-refractivity contribution in [2.24, 2.45) is 11.7 Å². The molecule has 2 heteroatoms. The van der Waals surface area contributed by atoms with Crippen LogP contribution in [0.3, 0.4) is 0 Å². The van der Waals surface area contributed by atoms with Crippen molar-refractivity contribution in [2.45, 2.75) is 32.2 Å². The average molecular weight is 269 g/mol. The van der Waals surface area contributed by atoms with Crippen molar-refractivity contribution >= 4 is 0 Å². The van der Waals surface area contributed by atoms with Crippen LogP contribution in [0.2, 0.25) is 0 Å². The van der Waals surface area contributed by atoms with Gasteiger partial charge < -0.3 is 5.73 Å². The number of benzene rings is 2. The highest BCUT2D eigenvalue weighted by atomic mass is 19.1. The maximum absolute atomic E-state index is 13.1. The van der Waals surface area contributed by atoms with Crippen molar-refractivity contribution in [2.75, 3.05) is 0 Å². The van der Waals surface area contributed by atoms with Gasteiger partial charge in [-0.3, -0.25) is 0 Å². The van der Waals surface area contributed by atoms with Crippen molar-refractivity contribution in [3.05, 3.63) is 70.5 Å². The average Bonchev–Trinajstić information content (AvgIpc) is 2.86. The highest BCUT2D eigenvalue weighted by molar-refractivity contribution is 5.33. The molecule has 104 valence electrons. The Morgan fingerprint density at radius 3 is 2.40 bits per heavy atom. The number of nitrogens with two attached hydrogens (primary N) is 1. The molecule has 0 bridgehead atoms. The van der Waals surface area contributed by atoms with Crippen molar-refractivity contribution < 1.29 is 4.39 Å². The Morgan fingerprint density at radius 1 is 1.15 bits per heavy atom. The third-order valence-corrected chi connectivity index (χ3v) is 4.45. The van der Waals surface area contributed by atoms with Gasteiger partial charge in [-0.25, -0.2) is 4.39 Å². The minimum Gasteiger partial charge on any atom is -0.327 e. The molecule has 1 atom stereocenters. The lowest BCUT2D eigenvalue weighted by Gasteiger charge is -2.20. The second-order valence-electron chi connectivity index (χ2n) is 5.88. The van der Waals surface area contributed by atoms with Crippen molar-refractivity contribution in [3.63, 3.8) is 0 Å². The minimum atomic E-state index is -0.173. The number of aryl methyl sites for hydroxylation is 1. The molecule has 1 nitrogen and oxygen atoms in total. The lowest BCUT2D eigenvalue weighted by molar-refractivity contribution is 0.436. The molecule has 3 rings (SSSR count). The maximum atomic E-state index is 13.1. The Hall–Kier alpha value is -1.67. The number of fused-ring (bicyclic) bond motifs is 1. The van der Waals surface area contributed by atoms with E-state index in [0.717, 1.165) is 30.4 Å². The van der Waals surface area contributed by atoms with E-state index in [1.165, 1.54) is 17.2 Å². The Morgan fingerprint density at radius 2 is 1.80 bits per heavy atom. The first-order valence-corrected chi connectivity index (χ1v) is 7.21. The number of rotatable bonds is 3.